The van der Waals surface area contributed by atoms with Crippen LogP contribution in [0, 0.1) is 5.82 Å². The predicted molar refractivity (Wildman–Crippen MR) is 102 cm³/mol. The quantitative estimate of drug-likeness (QED) is 0.462. The molecule has 0 radical (unpaired) electrons. The van der Waals surface area contributed by atoms with Crippen LogP contribution in [0.3, 0.4) is 0 Å². The number of aromatic nitrogens is 1. The number of pyridine rings is 1. The summed E-state index contributed by atoms with van der Waals surface area (Å²) in [6, 6.07) is 5.18. The number of anilines is 1. The highest BCUT2D eigenvalue weighted by atomic mass is 19.4. The molecule has 32 heavy (non-hydrogen) atoms. The minimum Gasteiger partial charge on any atom is -0.476 e. The van der Waals surface area contributed by atoms with Gasteiger partial charge in [0.05, 0.1) is 5.56 Å². The van der Waals surface area contributed by atoms with Crippen molar-refractivity contribution >= 4 is 17.5 Å². The molecule has 1 aliphatic heterocycles. The van der Waals surface area contributed by atoms with Crippen LogP contribution in [-0.2, 0) is 16.5 Å². The molecule has 0 amide bonds. The van der Waals surface area contributed by atoms with Crippen molar-refractivity contribution in [2.24, 2.45) is 10.7 Å². The molecule has 5 N–H and O–H groups in total. The minimum absolute atomic E-state index is 0.110. The molecule has 7 nitrogen and oxygen atoms in total. The van der Waals surface area contributed by atoms with Gasteiger partial charge in [-0.05, 0) is 37.3 Å². The van der Waals surface area contributed by atoms with Crippen molar-refractivity contribution in [3.05, 3.63) is 59.2 Å². The maximum absolute atomic E-state index is 14.2. The number of hydrogen-bond donors (Lipinski definition) is 3. The first-order valence-electron chi connectivity index (χ1n) is 8.80. The van der Waals surface area contributed by atoms with Crippen molar-refractivity contribution in [3.63, 3.8) is 0 Å². The number of amidine groups is 1. The smallest absolute Gasteiger partial charge is 0.418 e. The van der Waals surface area contributed by atoms with E-state index in [-0.39, 0.29) is 23.7 Å². The number of benzene rings is 1. The number of nitrogens with two attached hydrogens (primary N) is 2. The molecular formula is C19H18F6N4O3. The second-order valence-corrected chi connectivity index (χ2v) is 6.81. The molecule has 0 spiro atoms. The molecule has 13 heteroatoms. The van der Waals surface area contributed by atoms with Gasteiger partial charge in [-0.2, -0.15) is 13.2 Å². The van der Waals surface area contributed by atoms with Crippen molar-refractivity contribution in [1.82, 2.24) is 4.98 Å². The number of aliphatic imine (C=N–C) groups is 1. The number of halogens is 6. The molecule has 2 heterocycles. The van der Waals surface area contributed by atoms with Crippen LogP contribution >= 0.6 is 0 Å². The van der Waals surface area contributed by atoms with Crippen molar-refractivity contribution < 1.29 is 41.0 Å². The normalized spacial score (nSPS) is 20.4. The number of carboxylic acids is 1. The summed E-state index contributed by atoms with van der Waals surface area (Å²) in [6.45, 7) is 0.0173. The lowest BCUT2D eigenvalue weighted by Gasteiger charge is -2.33. The monoisotopic (exact) mass is 464 g/mol. The Morgan fingerprint density at radius 3 is 2.44 bits per heavy atom. The van der Waals surface area contributed by atoms with Gasteiger partial charge in [0, 0.05) is 17.4 Å². The molecule has 2 aromatic rings. The zero-order valence-electron chi connectivity index (χ0n) is 16.5. The fourth-order valence-corrected chi connectivity index (χ4v) is 2.80. The van der Waals surface area contributed by atoms with E-state index in [0.717, 1.165) is 31.3 Å². The lowest BCUT2D eigenvalue weighted by atomic mass is 9.85. The van der Waals surface area contributed by atoms with Gasteiger partial charge >= 0.3 is 12.1 Å². The van der Waals surface area contributed by atoms with Crippen LogP contribution in [0.5, 0.6) is 0 Å². The molecule has 1 aromatic heterocycles. The van der Waals surface area contributed by atoms with Crippen LogP contribution in [0.1, 0.15) is 28.5 Å². The van der Waals surface area contributed by atoms with Gasteiger partial charge in [0.2, 0.25) is 0 Å². The molecule has 1 unspecified atom stereocenters. The summed E-state index contributed by atoms with van der Waals surface area (Å²) in [5.74, 6) is -6.01. The topological polar surface area (TPSA) is 124 Å². The summed E-state index contributed by atoms with van der Waals surface area (Å²) in [4.78, 5) is 17.2. The van der Waals surface area contributed by atoms with Crippen LogP contribution < -0.4 is 11.5 Å². The first-order valence-corrected chi connectivity index (χ1v) is 8.80. The Morgan fingerprint density at radius 2 is 1.88 bits per heavy atom. The molecule has 0 saturated carbocycles. The van der Waals surface area contributed by atoms with E-state index in [1.54, 1.807) is 0 Å². The Labute approximate surface area is 177 Å². The van der Waals surface area contributed by atoms with Gasteiger partial charge < -0.3 is 21.3 Å². The Morgan fingerprint density at radius 1 is 1.22 bits per heavy atom. The Balaban J connectivity index is 0.000000244. The second-order valence-electron chi connectivity index (χ2n) is 6.81. The Bertz CT molecular complexity index is 1030. The second kappa shape index (κ2) is 9.02. The van der Waals surface area contributed by atoms with Crippen LogP contribution in [0.25, 0.3) is 0 Å². The maximum Gasteiger partial charge on any atom is 0.418 e. The highest BCUT2D eigenvalue weighted by Gasteiger charge is 2.54. The summed E-state index contributed by atoms with van der Waals surface area (Å²) in [5.41, 5.74) is 6.54. The number of rotatable bonds is 2. The molecule has 0 aliphatic carbocycles. The molecular weight excluding hydrogens is 446 g/mol. The van der Waals surface area contributed by atoms with E-state index in [1.807, 2.05) is 0 Å². The van der Waals surface area contributed by atoms with Crippen molar-refractivity contribution in [1.29, 1.82) is 0 Å². The molecule has 174 valence electrons. The first-order chi connectivity index (χ1) is 14.7. The number of carbonyl (C=O) groups is 1. The van der Waals surface area contributed by atoms with E-state index in [2.05, 4.69) is 9.98 Å². The van der Waals surface area contributed by atoms with Crippen molar-refractivity contribution in [2.75, 3.05) is 18.9 Å². The van der Waals surface area contributed by atoms with E-state index >= 15 is 0 Å². The third kappa shape index (κ3) is 5.28. The van der Waals surface area contributed by atoms with E-state index in [0.29, 0.717) is 6.07 Å². The van der Waals surface area contributed by atoms with Crippen LogP contribution in [-0.4, -0.2) is 41.0 Å². The lowest BCUT2D eigenvalue weighted by Crippen LogP contribution is -2.45. The average Bonchev–Trinajstić information content (AvgIpc) is 2.79. The number of carboxylic acid groups (broad SMARTS) is 1. The summed E-state index contributed by atoms with van der Waals surface area (Å²) in [7, 11) is 0. The summed E-state index contributed by atoms with van der Waals surface area (Å²) in [5, 5.41) is 8.37. The van der Waals surface area contributed by atoms with E-state index in [9.17, 15) is 31.1 Å². The zero-order chi connectivity index (χ0) is 24.3. The predicted octanol–water partition coefficient (Wildman–Crippen LogP) is 3.44. The summed E-state index contributed by atoms with van der Waals surface area (Å²) >= 11 is 0. The van der Waals surface area contributed by atoms with Crippen LogP contribution in [0.4, 0.5) is 32.0 Å². The number of nitrogens with zero attached hydrogens (tertiary/aromatic N) is 2. The summed E-state index contributed by atoms with van der Waals surface area (Å²) in [6.07, 6.45) is -3.68. The van der Waals surface area contributed by atoms with Crippen molar-refractivity contribution in [2.45, 2.75) is 24.6 Å². The number of alkyl halides is 5. The first kappa shape index (κ1) is 24.9. The molecule has 3 rings (SSSR count). The van der Waals surface area contributed by atoms with Gasteiger partial charge in [0.1, 0.15) is 24.9 Å². The van der Waals surface area contributed by atoms with Gasteiger partial charge in [-0.1, -0.05) is 0 Å². The third-order valence-electron chi connectivity index (χ3n) is 4.44. The zero-order valence-corrected chi connectivity index (χ0v) is 16.5. The van der Waals surface area contributed by atoms with Crippen LogP contribution in [0.15, 0.2) is 41.5 Å². The largest absolute Gasteiger partial charge is 0.476 e. The molecule has 0 bridgehead atoms. The lowest BCUT2D eigenvalue weighted by molar-refractivity contribution is -0.138. The molecule has 0 fully saturated rings. The molecule has 0 saturated heterocycles. The van der Waals surface area contributed by atoms with Gasteiger partial charge in [-0.15, -0.1) is 0 Å². The standard InChI is InChI=1S/C12H14F3N3O.C7H4F3NO2/c1-11(8-4-7(16)2-3-9(8)13)12(14,15)6-19-5-10(17)18-11;8-7(9,10)4-2-1-3-11-5(4)6(12)13/h2-4H,5-6,16H2,1H3,(H2,17,18);1-3H,(H,12,13). The van der Waals surface area contributed by atoms with Crippen LogP contribution in [0.2, 0.25) is 0 Å². The fourth-order valence-electron chi connectivity index (χ4n) is 2.80. The van der Waals surface area contributed by atoms with E-state index in [4.69, 9.17) is 21.3 Å². The molecule has 1 aromatic carbocycles. The Kier molecular flexibility index (Phi) is 7.03. The SMILES string of the molecule is CC1(c2cc(N)ccc2F)N=C(N)COCC1(F)F.O=C(O)c1ncccc1C(F)(F)F. The van der Waals surface area contributed by atoms with Gasteiger partial charge in [-0.3, -0.25) is 4.99 Å². The highest BCUT2D eigenvalue weighted by molar-refractivity contribution is 5.87. The maximum atomic E-state index is 14.2. The van der Waals surface area contributed by atoms with Gasteiger partial charge in [0.15, 0.2) is 11.2 Å². The van der Waals surface area contributed by atoms with E-state index < -0.39 is 47.3 Å². The number of aromatic carboxylic acids is 1. The van der Waals surface area contributed by atoms with Crippen molar-refractivity contribution in [3.8, 4) is 0 Å². The molecule has 1 atom stereocenters. The molecule has 1 aliphatic rings. The Hall–Kier alpha value is -3.35. The third-order valence-corrected chi connectivity index (χ3v) is 4.44. The number of ether oxygens (including phenoxy) is 1. The fraction of sp³-hybridized carbons (Fsp3) is 0.316. The van der Waals surface area contributed by atoms with E-state index in [1.165, 1.54) is 6.07 Å². The van der Waals surface area contributed by atoms with Gasteiger partial charge in [-0.25, -0.2) is 22.9 Å². The van der Waals surface area contributed by atoms with Gasteiger partial charge in [0.25, 0.3) is 5.92 Å². The number of nitrogen functional groups attached to an aromatic ring is 1. The number of hydrogen-bond acceptors (Lipinski definition) is 6. The summed E-state index contributed by atoms with van der Waals surface area (Å²) < 4.78 is 83.3. The highest BCUT2D eigenvalue weighted by Crippen LogP contribution is 2.43. The average molecular weight is 464 g/mol. The minimum atomic E-state index is -4.68.